The molecule has 0 heterocycles. The van der Waals surface area contributed by atoms with Gasteiger partial charge in [0.2, 0.25) is 0 Å². The van der Waals surface area contributed by atoms with E-state index >= 15 is 0 Å². The van der Waals surface area contributed by atoms with E-state index < -0.39 is 0 Å². The molecule has 0 aliphatic heterocycles. The van der Waals surface area contributed by atoms with Gasteiger partial charge in [-0.15, -0.1) is 0 Å². The summed E-state index contributed by atoms with van der Waals surface area (Å²) in [5.74, 6) is 0. The number of hydrogen-bond donors (Lipinski definition) is 1. The Morgan fingerprint density at radius 2 is 1.81 bits per heavy atom. The molecule has 1 aliphatic carbocycles. The SMILES string of the molecule is CCCOCCOC1CC(N)C1(CC)CC. The third kappa shape index (κ3) is 2.76. The van der Waals surface area contributed by atoms with E-state index in [2.05, 4.69) is 20.8 Å². The van der Waals surface area contributed by atoms with Gasteiger partial charge in [0.05, 0.1) is 19.3 Å². The Morgan fingerprint density at radius 3 is 2.31 bits per heavy atom. The predicted octanol–water partition coefficient (Wildman–Crippen LogP) is 2.34. The van der Waals surface area contributed by atoms with Gasteiger partial charge in [-0.25, -0.2) is 0 Å². The van der Waals surface area contributed by atoms with Crippen molar-refractivity contribution in [2.45, 2.75) is 58.6 Å². The maximum Gasteiger partial charge on any atom is 0.0704 e. The highest BCUT2D eigenvalue weighted by molar-refractivity contribution is 5.05. The van der Waals surface area contributed by atoms with Crippen molar-refractivity contribution in [3.05, 3.63) is 0 Å². The highest BCUT2D eigenvalue weighted by Gasteiger charge is 2.51. The summed E-state index contributed by atoms with van der Waals surface area (Å²) in [7, 11) is 0. The third-order valence-corrected chi connectivity index (χ3v) is 4.06. The lowest BCUT2D eigenvalue weighted by Crippen LogP contribution is -2.61. The van der Waals surface area contributed by atoms with Crippen molar-refractivity contribution in [3.63, 3.8) is 0 Å². The van der Waals surface area contributed by atoms with Gasteiger partial charge in [-0.2, -0.15) is 0 Å². The highest BCUT2D eigenvalue weighted by Crippen LogP contribution is 2.47. The van der Waals surface area contributed by atoms with Crippen LogP contribution >= 0.6 is 0 Å². The van der Waals surface area contributed by atoms with Crippen LogP contribution in [-0.4, -0.2) is 32.0 Å². The molecule has 0 aromatic rings. The molecule has 0 bridgehead atoms. The molecule has 1 fully saturated rings. The van der Waals surface area contributed by atoms with Gasteiger partial charge < -0.3 is 15.2 Å². The maximum atomic E-state index is 6.11. The molecular formula is C13H27NO2. The van der Waals surface area contributed by atoms with Crippen LogP contribution in [0.3, 0.4) is 0 Å². The van der Waals surface area contributed by atoms with Crippen LogP contribution in [0.2, 0.25) is 0 Å². The van der Waals surface area contributed by atoms with Crippen LogP contribution in [0, 0.1) is 5.41 Å². The quantitative estimate of drug-likeness (QED) is 0.650. The van der Waals surface area contributed by atoms with E-state index in [1.807, 2.05) is 0 Å². The Labute approximate surface area is 99.7 Å². The van der Waals surface area contributed by atoms with Crippen LogP contribution in [0.15, 0.2) is 0 Å². The van der Waals surface area contributed by atoms with Gasteiger partial charge in [-0.1, -0.05) is 20.8 Å². The first-order valence-corrected chi connectivity index (χ1v) is 6.66. The molecule has 3 nitrogen and oxygen atoms in total. The zero-order valence-electron chi connectivity index (χ0n) is 11.0. The first-order chi connectivity index (χ1) is 7.71. The van der Waals surface area contributed by atoms with Gasteiger partial charge in [-0.05, 0) is 25.7 Å². The summed E-state index contributed by atoms with van der Waals surface area (Å²) >= 11 is 0. The van der Waals surface area contributed by atoms with E-state index in [9.17, 15) is 0 Å². The minimum absolute atomic E-state index is 0.227. The van der Waals surface area contributed by atoms with Crippen molar-refractivity contribution in [1.29, 1.82) is 0 Å². The monoisotopic (exact) mass is 229 g/mol. The van der Waals surface area contributed by atoms with Crippen molar-refractivity contribution >= 4 is 0 Å². The summed E-state index contributed by atoms with van der Waals surface area (Å²) in [5.41, 5.74) is 6.34. The number of nitrogens with two attached hydrogens (primary N) is 1. The molecule has 96 valence electrons. The molecule has 0 aromatic heterocycles. The van der Waals surface area contributed by atoms with E-state index in [4.69, 9.17) is 15.2 Å². The van der Waals surface area contributed by atoms with Crippen LogP contribution in [-0.2, 0) is 9.47 Å². The predicted molar refractivity (Wildman–Crippen MR) is 66.5 cm³/mol. The molecule has 0 saturated heterocycles. The summed E-state index contributed by atoms with van der Waals surface area (Å²) in [6.45, 7) is 8.80. The molecule has 2 N–H and O–H groups in total. The Hall–Kier alpha value is -0.120. The zero-order valence-corrected chi connectivity index (χ0v) is 11.0. The first kappa shape index (κ1) is 13.9. The van der Waals surface area contributed by atoms with Gasteiger partial charge in [-0.3, -0.25) is 0 Å². The number of rotatable bonds is 8. The fraction of sp³-hybridized carbons (Fsp3) is 1.00. The summed E-state index contributed by atoms with van der Waals surface area (Å²) in [6, 6.07) is 0.323. The summed E-state index contributed by atoms with van der Waals surface area (Å²) in [4.78, 5) is 0. The van der Waals surface area contributed by atoms with E-state index in [0.29, 0.717) is 25.4 Å². The van der Waals surface area contributed by atoms with Crippen molar-refractivity contribution in [2.24, 2.45) is 11.1 Å². The van der Waals surface area contributed by atoms with Crippen molar-refractivity contribution < 1.29 is 9.47 Å². The molecule has 1 aliphatic rings. The Morgan fingerprint density at radius 1 is 1.12 bits per heavy atom. The molecule has 16 heavy (non-hydrogen) atoms. The largest absolute Gasteiger partial charge is 0.379 e. The Kier molecular flexibility index (Phi) is 5.73. The Bertz CT molecular complexity index is 192. The van der Waals surface area contributed by atoms with Crippen LogP contribution in [0.25, 0.3) is 0 Å². The zero-order chi connectivity index (χ0) is 12.0. The molecule has 0 radical (unpaired) electrons. The fourth-order valence-electron chi connectivity index (χ4n) is 2.74. The normalized spacial score (nSPS) is 27.8. The average molecular weight is 229 g/mol. The molecule has 0 amide bonds. The highest BCUT2D eigenvalue weighted by atomic mass is 16.5. The molecule has 1 rings (SSSR count). The molecule has 0 spiro atoms. The van der Waals surface area contributed by atoms with Crippen molar-refractivity contribution in [1.82, 2.24) is 0 Å². The third-order valence-electron chi connectivity index (χ3n) is 4.06. The summed E-state index contributed by atoms with van der Waals surface area (Å²) in [6.07, 6.45) is 4.66. The van der Waals surface area contributed by atoms with Gasteiger partial charge in [0.15, 0.2) is 0 Å². The van der Waals surface area contributed by atoms with Crippen LogP contribution in [0.4, 0.5) is 0 Å². The van der Waals surface area contributed by atoms with Gasteiger partial charge in [0.1, 0.15) is 0 Å². The lowest BCUT2D eigenvalue weighted by atomic mass is 9.59. The molecule has 0 aromatic carbocycles. The lowest BCUT2D eigenvalue weighted by molar-refractivity contribution is -0.139. The van der Waals surface area contributed by atoms with Gasteiger partial charge in [0.25, 0.3) is 0 Å². The topological polar surface area (TPSA) is 44.5 Å². The Balaban J connectivity index is 2.22. The summed E-state index contributed by atoms with van der Waals surface area (Å²) in [5, 5.41) is 0. The second-order valence-corrected chi connectivity index (χ2v) is 4.75. The van der Waals surface area contributed by atoms with Gasteiger partial charge >= 0.3 is 0 Å². The van der Waals surface area contributed by atoms with E-state index in [-0.39, 0.29) is 5.41 Å². The summed E-state index contributed by atoms with van der Waals surface area (Å²) < 4.78 is 11.3. The van der Waals surface area contributed by atoms with Crippen LogP contribution in [0.1, 0.15) is 46.5 Å². The smallest absolute Gasteiger partial charge is 0.0704 e. The van der Waals surface area contributed by atoms with Crippen molar-refractivity contribution in [2.75, 3.05) is 19.8 Å². The lowest BCUT2D eigenvalue weighted by Gasteiger charge is -2.53. The first-order valence-electron chi connectivity index (χ1n) is 6.66. The average Bonchev–Trinajstić information content (AvgIpc) is 2.29. The van der Waals surface area contributed by atoms with E-state index in [0.717, 1.165) is 32.3 Å². The number of ether oxygens (including phenoxy) is 2. The molecule has 2 atom stereocenters. The van der Waals surface area contributed by atoms with Crippen LogP contribution < -0.4 is 5.73 Å². The minimum Gasteiger partial charge on any atom is -0.379 e. The van der Waals surface area contributed by atoms with Crippen LogP contribution in [0.5, 0.6) is 0 Å². The fourth-order valence-corrected chi connectivity index (χ4v) is 2.74. The van der Waals surface area contributed by atoms with Gasteiger partial charge in [0, 0.05) is 18.1 Å². The minimum atomic E-state index is 0.227. The molecular weight excluding hydrogens is 202 g/mol. The van der Waals surface area contributed by atoms with E-state index in [1.54, 1.807) is 0 Å². The molecule has 1 saturated carbocycles. The van der Waals surface area contributed by atoms with E-state index in [1.165, 1.54) is 0 Å². The number of hydrogen-bond acceptors (Lipinski definition) is 3. The second-order valence-electron chi connectivity index (χ2n) is 4.75. The maximum absolute atomic E-state index is 6.11. The molecule has 3 heteroatoms. The second kappa shape index (κ2) is 6.58. The van der Waals surface area contributed by atoms with Crippen molar-refractivity contribution in [3.8, 4) is 0 Å². The standard InChI is InChI=1S/C13H27NO2/c1-4-7-15-8-9-16-12-10-11(14)13(12,5-2)6-3/h11-12H,4-10,14H2,1-3H3. The molecule has 2 unspecified atom stereocenters.